The Labute approximate surface area is 125 Å². The third-order valence-electron chi connectivity index (χ3n) is 3.29. The SMILES string of the molecule is COC(=O)c1c(N)c(C#N)cn1-c1ccc(C#N)c(C)c1F. The molecule has 0 atom stereocenters. The number of halogens is 1. The van der Waals surface area contributed by atoms with Gasteiger partial charge in [-0.25, -0.2) is 9.18 Å². The van der Waals surface area contributed by atoms with Gasteiger partial charge < -0.3 is 15.0 Å². The van der Waals surface area contributed by atoms with Crippen molar-refractivity contribution in [1.82, 2.24) is 4.57 Å². The van der Waals surface area contributed by atoms with E-state index in [0.29, 0.717) is 0 Å². The van der Waals surface area contributed by atoms with Crippen LogP contribution in [0, 0.1) is 35.4 Å². The van der Waals surface area contributed by atoms with Gasteiger partial charge >= 0.3 is 5.97 Å². The number of esters is 1. The van der Waals surface area contributed by atoms with Crippen LogP contribution < -0.4 is 5.73 Å². The third kappa shape index (κ3) is 2.15. The van der Waals surface area contributed by atoms with E-state index < -0.39 is 11.8 Å². The molecule has 1 aromatic heterocycles. The molecule has 2 aromatic rings. The summed E-state index contributed by atoms with van der Waals surface area (Å²) in [6.45, 7) is 1.45. The minimum atomic E-state index is -0.791. The molecular weight excluding hydrogens is 287 g/mol. The van der Waals surface area contributed by atoms with Crippen LogP contribution in [0.5, 0.6) is 0 Å². The zero-order valence-corrected chi connectivity index (χ0v) is 11.8. The van der Waals surface area contributed by atoms with E-state index in [1.54, 1.807) is 0 Å². The van der Waals surface area contributed by atoms with Crippen LogP contribution in [0.4, 0.5) is 10.1 Å². The molecule has 0 fully saturated rings. The highest BCUT2D eigenvalue weighted by atomic mass is 19.1. The largest absolute Gasteiger partial charge is 0.464 e. The molecule has 0 aliphatic carbocycles. The van der Waals surface area contributed by atoms with Crippen LogP contribution in [-0.2, 0) is 4.74 Å². The minimum Gasteiger partial charge on any atom is -0.464 e. The molecule has 2 N–H and O–H groups in total. The molecule has 0 spiro atoms. The molecule has 0 aliphatic heterocycles. The van der Waals surface area contributed by atoms with Gasteiger partial charge in [0.1, 0.15) is 6.07 Å². The van der Waals surface area contributed by atoms with E-state index in [2.05, 4.69) is 4.74 Å². The Morgan fingerprint density at radius 2 is 1.95 bits per heavy atom. The van der Waals surface area contributed by atoms with Crippen LogP contribution in [0.3, 0.4) is 0 Å². The Kier molecular flexibility index (Phi) is 3.83. The van der Waals surface area contributed by atoms with E-state index >= 15 is 0 Å². The molecule has 7 heteroatoms. The van der Waals surface area contributed by atoms with Crippen molar-refractivity contribution in [2.45, 2.75) is 6.92 Å². The summed E-state index contributed by atoms with van der Waals surface area (Å²) < 4.78 is 20.3. The molecule has 2 rings (SSSR count). The Bertz CT molecular complexity index is 856. The highest BCUT2D eigenvalue weighted by molar-refractivity contribution is 5.96. The Balaban J connectivity index is 2.79. The van der Waals surface area contributed by atoms with Crippen molar-refractivity contribution in [3.63, 3.8) is 0 Å². The molecule has 1 heterocycles. The lowest BCUT2D eigenvalue weighted by Crippen LogP contribution is -2.12. The second-order valence-corrected chi connectivity index (χ2v) is 4.46. The summed E-state index contributed by atoms with van der Waals surface area (Å²) >= 11 is 0. The van der Waals surface area contributed by atoms with Gasteiger partial charge in [-0.1, -0.05) is 0 Å². The predicted molar refractivity (Wildman–Crippen MR) is 75.6 cm³/mol. The molecule has 0 bridgehead atoms. The number of rotatable bonds is 2. The number of nitrogens with two attached hydrogens (primary N) is 1. The number of hydrogen-bond acceptors (Lipinski definition) is 5. The van der Waals surface area contributed by atoms with Crippen molar-refractivity contribution in [3.8, 4) is 17.8 Å². The number of hydrogen-bond donors (Lipinski definition) is 1. The Morgan fingerprint density at radius 3 is 2.50 bits per heavy atom. The van der Waals surface area contributed by atoms with E-state index in [1.165, 1.54) is 25.3 Å². The summed E-state index contributed by atoms with van der Waals surface area (Å²) in [6.07, 6.45) is 1.26. The maximum Gasteiger partial charge on any atom is 0.357 e. The predicted octanol–water partition coefficient (Wildman–Crippen LogP) is 2.04. The van der Waals surface area contributed by atoms with Crippen LogP contribution in [-0.4, -0.2) is 17.6 Å². The first-order valence-electron chi connectivity index (χ1n) is 6.15. The van der Waals surface area contributed by atoms with Crippen molar-refractivity contribution in [2.24, 2.45) is 0 Å². The van der Waals surface area contributed by atoms with Crippen LogP contribution >= 0.6 is 0 Å². The van der Waals surface area contributed by atoms with E-state index in [9.17, 15) is 9.18 Å². The fourth-order valence-corrected chi connectivity index (χ4v) is 2.08. The van der Waals surface area contributed by atoms with Gasteiger partial charge in [-0.3, -0.25) is 0 Å². The third-order valence-corrected chi connectivity index (χ3v) is 3.29. The number of benzene rings is 1. The number of methoxy groups -OCH3 is 1. The smallest absolute Gasteiger partial charge is 0.357 e. The van der Waals surface area contributed by atoms with Gasteiger partial charge in [0.15, 0.2) is 11.5 Å². The average Bonchev–Trinajstić information content (AvgIpc) is 2.85. The van der Waals surface area contributed by atoms with E-state index in [-0.39, 0.29) is 33.8 Å². The molecule has 22 heavy (non-hydrogen) atoms. The van der Waals surface area contributed by atoms with Crippen LogP contribution in [0.1, 0.15) is 27.2 Å². The molecule has 0 unspecified atom stereocenters. The first kappa shape index (κ1) is 15.1. The number of nitrogen functional groups attached to an aromatic ring is 1. The van der Waals surface area contributed by atoms with Crippen molar-refractivity contribution < 1.29 is 13.9 Å². The van der Waals surface area contributed by atoms with Gasteiger partial charge in [0, 0.05) is 11.8 Å². The number of nitriles is 2. The Hall–Kier alpha value is -3.32. The summed E-state index contributed by atoms with van der Waals surface area (Å²) in [5.41, 5.74) is 5.89. The first-order valence-corrected chi connectivity index (χ1v) is 6.15. The summed E-state index contributed by atoms with van der Waals surface area (Å²) in [4.78, 5) is 11.9. The molecular formula is C15H11FN4O2. The van der Waals surface area contributed by atoms with Gasteiger partial charge in [0.05, 0.1) is 35.7 Å². The van der Waals surface area contributed by atoms with E-state index in [1.807, 2.05) is 12.1 Å². The molecule has 0 aliphatic rings. The molecule has 0 saturated carbocycles. The van der Waals surface area contributed by atoms with Gasteiger partial charge in [-0.15, -0.1) is 0 Å². The monoisotopic (exact) mass is 298 g/mol. The van der Waals surface area contributed by atoms with Crippen molar-refractivity contribution in [2.75, 3.05) is 12.8 Å². The minimum absolute atomic E-state index is 0.00472. The lowest BCUT2D eigenvalue weighted by molar-refractivity contribution is 0.0593. The summed E-state index contributed by atoms with van der Waals surface area (Å²) in [6, 6.07) is 6.47. The quantitative estimate of drug-likeness (QED) is 0.854. The maximum atomic E-state index is 14.5. The van der Waals surface area contributed by atoms with Crippen LogP contribution in [0.2, 0.25) is 0 Å². The lowest BCUT2D eigenvalue weighted by Gasteiger charge is -2.11. The number of ether oxygens (including phenoxy) is 1. The van der Waals surface area contributed by atoms with Crippen LogP contribution in [0.25, 0.3) is 5.69 Å². The first-order chi connectivity index (χ1) is 10.5. The maximum absolute atomic E-state index is 14.5. The van der Waals surface area contributed by atoms with Crippen LogP contribution in [0.15, 0.2) is 18.3 Å². The number of carbonyl (C=O) groups is 1. The van der Waals surface area contributed by atoms with E-state index in [4.69, 9.17) is 16.3 Å². The summed E-state index contributed by atoms with van der Waals surface area (Å²) in [5, 5.41) is 17.9. The van der Waals surface area contributed by atoms with Crippen molar-refractivity contribution in [1.29, 1.82) is 10.5 Å². The molecule has 1 aromatic carbocycles. The fraction of sp³-hybridized carbons (Fsp3) is 0.133. The molecule has 6 nitrogen and oxygen atoms in total. The second-order valence-electron chi connectivity index (χ2n) is 4.46. The standard InChI is InChI=1S/C15H11FN4O2/c1-8-9(5-17)3-4-11(12(8)16)20-7-10(6-18)13(19)14(20)15(21)22-2/h3-4,7H,19H2,1-2H3. The van der Waals surface area contributed by atoms with Gasteiger partial charge in [-0.05, 0) is 19.1 Å². The summed E-state index contributed by atoms with van der Waals surface area (Å²) in [5.74, 6) is -1.47. The number of aromatic nitrogens is 1. The highest BCUT2D eigenvalue weighted by Crippen LogP contribution is 2.28. The zero-order chi connectivity index (χ0) is 16.4. The number of carbonyl (C=O) groups excluding carboxylic acids is 1. The lowest BCUT2D eigenvalue weighted by atomic mass is 10.1. The van der Waals surface area contributed by atoms with Gasteiger partial charge in [0.25, 0.3) is 0 Å². The van der Waals surface area contributed by atoms with Crippen molar-refractivity contribution >= 4 is 11.7 Å². The molecule has 0 saturated heterocycles. The Morgan fingerprint density at radius 1 is 1.32 bits per heavy atom. The normalized spacial score (nSPS) is 9.86. The zero-order valence-electron chi connectivity index (χ0n) is 11.8. The van der Waals surface area contributed by atoms with E-state index in [0.717, 1.165) is 11.7 Å². The molecule has 110 valence electrons. The van der Waals surface area contributed by atoms with Crippen molar-refractivity contribution in [3.05, 3.63) is 46.5 Å². The summed E-state index contributed by atoms with van der Waals surface area (Å²) in [7, 11) is 1.16. The molecule has 0 amide bonds. The van der Waals surface area contributed by atoms with Gasteiger partial charge in [0.2, 0.25) is 0 Å². The average molecular weight is 298 g/mol. The topological polar surface area (TPSA) is 105 Å². The fourth-order valence-electron chi connectivity index (χ4n) is 2.08. The molecule has 0 radical (unpaired) electrons. The van der Waals surface area contributed by atoms with Gasteiger partial charge in [-0.2, -0.15) is 10.5 Å². The number of nitrogens with zero attached hydrogens (tertiary/aromatic N) is 3. The second kappa shape index (κ2) is 5.58. The number of anilines is 1. The highest BCUT2D eigenvalue weighted by Gasteiger charge is 2.24.